The van der Waals surface area contributed by atoms with Crippen LogP contribution in [-0.4, -0.2) is 31.0 Å². The zero-order valence-corrected chi connectivity index (χ0v) is 9.72. The van der Waals surface area contributed by atoms with Gasteiger partial charge in [0.25, 0.3) is 0 Å². The van der Waals surface area contributed by atoms with Crippen LogP contribution >= 0.6 is 31.9 Å². The maximum atomic E-state index is 11.6. The molecular weight excluding hydrogens is 280 g/mol. The van der Waals surface area contributed by atoms with Gasteiger partial charge >= 0.3 is 6.18 Å². The van der Waals surface area contributed by atoms with E-state index in [1.165, 1.54) is 0 Å². The molecule has 0 rings (SSSR count). The lowest BCUT2D eigenvalue weighted by Gasteiger charge is -2.15. The smallest absolute Gasteiger partial charge is 0.170 e. The predicted molar refractivity (Wildman–Crippen MR) is 40.0 cm³/mol. The van der Waals surface area contributed by atoms with Crippen molar-refractivity contribution < 1.29 is 13.2 Å². The van der Waals surface area contributed by atoms with Gasteiger partial charge in [0.1, 0.15) is 4.83 Å². The molecule has 0 radical (unpaired) electrons. The average molecular weight is 284 g/mol. The van der Waals surface area contributed by atoms with Gasteiger partial charge < -0.3 is 0 Å². The highest BCUT2D eigenvalue weighted by Crippen LogP contribution is 2.30. The lowest BCUT2D eigenvalue weighted by molar-refractivity contribution is -0.124. The molecule has 0 aliphatic rings. The van der Waals surface area contributed by atoms with E-state index in [-0.39, 0.29) is 0 Å². The molecule has 0 fully saturated rings. The van der Waals surface area contributed by atoms with Gasteiger partial charge in [0.2, 0.25) is 16.3 Å². The van der Waals surface area contributed by atoms with Gasteiger partial charge in [0.15, 0.2) is 0 Å². The first-order valence-corrected chi connectivity index (χ1v) is 5.19. The number of hydrogen-bond acceptors (Lipinski definition) is 0. The Morgan fingerprint density at radius 2 is 1.56 bits per heavy atom. The van der Waals surface area contributed by atoms with E-state index < -0.39 is 14.7 Å². The van der Waals surface area contributed by atoms with Crippen molar-refractivity contribution in [2.45, 2.75) is 14.7 Å². The molecule has 0 aromatic carbocycles. The van der Waals surface area contributed by atoms with Gasteiger partial charge in [-0.1, -0.05) is 15.9 Å². The SMILES string of the molecule is FC(F)(F)C(Br)[CH]([AlH2])Br. The second kappa shape index (κ2) is 3.61. The fourth-order valence-corrected chi connectivity index (χ4v) is 0.938. The first-order valence-electron chi connectivity index (χ1n) is 2.20. The summed E-state index contributed by atoms with van der Waals surface area (Å²) < 4.78 is 34.5. The summed E-state index contributed by atoms with van der Waals surface area (Å²) in [5.41, 5.74) is 0. The van der Waals surface area contributed by atoms with E-state index in [4.69, 9.17) is 0 Å². The molecule has 54 valence electrons. The average Bonchev–Trinajstić information content (AvgIpc) is 1.62. The molecule has 0 aliphatic carbocycles. The standard InChI is InChI=1S/C3H2Br2F3.Al.2H/c4-1-2(5)3(6,7)8;;;/h1-2H;;;. The minimum atomic E-state index is -4.12. The van der Waals surface area contributed by atoms with Gasteiger partial charge in [-0.15, -0.1) is 15.9 Å². The van der Waals surface area contributed by atoms with E-state index in [2.05, 4.69) is 31.9 Å². The normalized spacial score (nSPS) is 19.2. The third-order valence-electron chi connectivity index (χ3n) is 0.716. The van der Waals surface area contributed by atoms with Gasteiger partial charge in [-0.3, -0.25) is 0 Å². The molecule has 0 heterocycles. The maximum absolute atomic E-state index is 11.6. The summed E-state index contributed by atoms with van der Waals surface area (Å²) in [6.07, 6.45) is -4.12. The first kappa shape index (κ1) is 10.3. The third-order valence-corrected chi connectivity index (χ3v) is 4.91. The molecule has 0 saturated carbocycles. The van der Waals surface area contributed by atoms with Gasteiger partial charge in [-0.05, 0) is 3.69 Å². The summed E-state index contributed by atoms with van der Waals surface area (Å²) in [6, 6.07) is 0. The minimum absolute atomic E-state index is 0.447. The van der Waals surface area contributed by atoms with Gasteiger partial charge in [-0.25, -0.2) is 0 Å². The highest BCUT2D eigenvalue weighted by molar-refractivity contribution is 9.12. The van der Waals surface area contributed by atoms with Crippen LogP contribution in [0.3, 0.4) is 0 Å². The molecule has 6 heteroatoms. The zero-order valence-electron chi connectivity index (χ0n) is 4.54. The van der Waals surface area contributed by atoms with E-state index in [1.54, 1.807) is 0 Å². The van der Waals surface area contributed by atoms with Crippen LogP contribution < -0.4 is 0 Å². The van der Waals surface area contributed by atoms with Crippen molar-refractivity contribution in [1.82, 2.24) is 0 Å². The van der Waals surface area contributed by atoms with Crippen LogP contribution in [0.2, 0.25) is 0 Å². The summed E-state index contributed by atoms with van der Waals surface area (Å²) in [7, 11) is 0. The van der Waals surface area contributed by atoms with Crippen LogP contribution in [-0.2, 0) is 0 Å². The van der Waals surface area contributed by atoms with Crippen molar-refractivity contribution in [2.75, 3.05) is 0 Å². The largest absolute Gasteiger partial charge is 0.401 e. The van der Waals surface area contributed by atoms with E-state index in [9.17, 15) is 13.2 Å². The Balaban J connectivity index is 3.88. The third kappa shape index (κ3) is 3.87. The summed E-state index contributed by atoms with van der Waals surface area (Å²) in [4.78, 5) is -1.39. The topological polar surface area (TPSA) is 0 Å². The number of alkyl halides is 5. The Morgan fingerprint density at radius 3 is 1.56 bits per heavy atom. The molecule has 0 bridgehead atoms. The summed E-state index contributed by atoms with van der Waals surface area (Å²) in [6.45, 7) is 0. The molecule has 2 unspecified atom stereocenters. The minimum Gasteiger partial charge on any atom is -0.170 e. The molecule has 0 aromatic heterocycles. The van der Waals surface area contributed by atoms with Crippen molar-refractivity contribution in [3.63, 3.8) is 0 Å². The van der Waals surface area contributed by atoms with Crippen LogP contribution in [0.15, 0.2) is 0 Å². The summed E-state index contributed by atoms with van der Waals surface area (Å²) >= 11 is 5.88. The Morgan fingerprint density at radius 1 is 1.22 bits per heavy atom. The molecule has 0 amide bonds. The maximum Gasteiger partial charge on any atom is 0.401 e. The lowest BCUT2D eigenvalue weighted by Crippen LogP contribution is -2.31. The zero-order chi connectivity index (χ0) is 7.65. The van der Waals surface area contributed by atoms with Crippen molar-refractivity contribution in [3.8, 4) is 0 Å². The highest BCUT2D eigenvalue weighted by atomic mass is 79.9. The molecule has 0 nitrogen and oxygen atoms in total. The van der Waals surface area contributed by atoms with Crippen molar-refractivity contribution in [3.05, 3.63) is 0 Å². The Labute approximate surface area is 75.9 Å². The summed E-state index contributed by atoms with van der Waals surface area (Å²) in [5, 5.41) is 0. The molecule has 9 heavy (non-hydrogen) atoms. The van der Waals surface area contributed by atoms with E-state index in [1.807, 2.05) is 0 Å². The molecule has 0 aliphatic heterocycles. The van der Waals surface area contributed by atoms with Crippen LogP contribution in [0, 0.1) is 0 Å². The molecule has 0 aromatic rings. The second-order valence-electron chi connectivity index (χ2n) is 1.62. The second-order valence-corrected chi connectivity index (χ2v) is 6.99. The Hall–Kier alpha value is 1.28. The summed E-state index contributed by atoms with van der Waals surface area (Å²) in [5.74, 6) is 0. The van der Waals surface area contributed by atoms with Gasteiger partial charge in [-0.2, -0.15) is 13.2 Å². The molecule has 2 atom stereocenters. The fourth-order valence-electron chi connectivity index (χ4n) is 0.260. The number of hydrogen-bond donors (Lipinski definition) is 0. The molecular formula is C3H4AlBr2F3. The van der Waals surface area contributed by atoms with E-state index in [0.29, 0.717) is 16.3 Å². The Kier molecular flexibility index (Phi) is 4.12. The van der Waals surface area contributed by atoms with Crippen molar-refractivity contribution >= 4 is 48.2 Å². The highest BCUT2D eigenvalue weighted by Gasteiger charge is 2.39. The molecule has 0 N–H and O–H groups in total. The van der Waals surface area contributed by atoms with Crippen molar-refractivity contribution in [1.29, 1.82) is 0 Å². The van der Waals surface area contributed by atoms with Crippen LogP contribution in [0.1, 0.15) is 0 Å². The number of rotatable bonds is 1. The first-order chi connectivity index (χ1) is 3.85. The lowest BCUT2D eigenvalue weighted by atomic mass is 10.5. The number of halogens is 5. The fraction of sp³-hybridized carbons (Fsp3) is 1.00. The van der Waals surface area contributed by atoms with Crippen LogP contribution in [0.5, 0.6) is 0 Å². The van der Waals surface area contributed by atoms with E-state index >= 15 is 0 Å². The molecule has 0 spiro atoms. The molecule has 0 saturated heterocycles. The quantitative estimate of drug-likeness (QED) is 0.507. The predicted octanol–water partition coefficient (Wildman–Crippen LogP) is 1.67. The van der Waals surface area contributed by atoms with Crippen LogP contribution in [0.25, 0.3) is 0 Å². The van der Waals surface area contributed by atoms with Gasteiger partial charge in [0, 0.05) is 0 Å². The van der Waals surface area contributed by atoms with Crippen molar-refractivity contribution in [2.24, 2.45) is 0 Å². The monoisotopic (exact) mass is 282 g/mol. The van der Waals surface area contributed by atoms with E-state index in [0.717, 1.165) is 0 Å². The Bertz CT molecular complexity index is 91.5. The van der Waals surface area contributed by atoms with Gasteiger partial charge in [0.05, 0.1) is 0 Å². The van der Waals surface area contributed by atoms with Crippen LogP contribution in [0.4, 0.5) is 13.2 Å².